The van der Waals surface area contributed by atoms with Gasteiger partial charge >= 0.3 is 0 Å². The third-order valence-electron chi connectivity index (χ3n) is 4.31. The van der Waals surface area contributed by atoms with Crippen LogP contribution in [0, 0.1) is 6.92 Å². The summed E-state index contributed by atoms with van der Waals surface area (Å²) < 4.78 is 6.81. The molecule has 0 aromatic carbocycles. The van der Waals surface area contributed by atoms with E-state index in [1.807, 2.05) is 14.0 Å². The maximum Gasteiger partial charge on any atom is 0.223 e. The van der Waals surface area contributed by atoms with Crippen LogP contribution >= 0.6 is 0 Å². The molecule has 1 N–H and O–H groups in total. The number of nitrogens with one attached hydrogen (secondary N) is 1. The molecule has 1 aliphatic rings. The number of aromatic nitrogens is 6. The lowest BCUT2D eigenvalue weighted by molar-refractivity contribution is 0.201. The molecule has 3 aromatic heterocycles. The molecule has 0 saturated carbocycles. The second-order valence-corrected chi connectivity index (χ2v) is 6.18. The van der Waals surface area contributed by atoms with Crippen molar-refractivity contribution in [2.45, 2.75) is 32.4 Å². The molecule has 0 bridgehead atoms. The van der Waals surface area contributed by atoms with Crippen LogP contribution < -0.4 is 5.32 Å². The van der Waals surface area contributed by atoms with E-state index < -0.39 is 0 Å². The number of rotatable bonds is 4. The molecular weight excluding hydrogens is 308 g/mol. The van der Waals surface area contributed by atoms with Crippen molar-refractivity contribution in [3.63, 3.8) is 0 Å². The first-order valence-corrected chi connectivity index (χ1v) is 8.10. The van der Waals surface area contributed by atoms with Crippen molar-refractivity contribution in [1.29, 1.82) is 0 Å². The molecule has 24 heavy (non-hydrogen) atoms. The lowest BCUT2D eigenvalue weighted by Crippen LogP contribution is -2.42. The number of piperidine rings is 1. The lowest BCUT2D eigenvalue weighted by atomic mass is 10.1. The zero-order valence-corrected chi connectivity index (χ0v) is 13.8. The largest absolute Gasteiger partial charge is 0.365 e. The van der Waals surface area contributed by atoms with Gasteiger partial charge in [-0.15, -0.1) is 0 Å². The summed E-state index contributed by atoms with van der Waals surface area (Å²) in [4.78, 5) is 15.3. The highest BCUT2D eigenvalue weighted by Gasteiger charge is 2.22. The average Bonchev–Trinajstić information content (AvgIpc) is 3.15. The molecule has 0 radical (unpaired) electrons. The maximum absolute atomic E-state index is 5.05. The van der Waals surface area contributed by atoms with E-state index in [2.05, 4.69) is 35.4 Å². The van der Waals surface area contributed by atoms with E-state index in [0.29, 0.717) is 18.5 Å². The second kappa shape index (κ2) is 6.16. The summed E-state index contributed by atoms with van der Waals surface area (Å²) >= 11 is 0. The minimum atomic E-state index is 0.324. The van der Waals surface area contributed by atoms with E-state index in [1.165, 1.54) is 0 Å². The van der Waals surface area contributed by atoms with E-state index in [9.17, 15) is 0 Å². The smallest absolute Gasteiger partial charge is 0.223 e. The number of nitrogens with zero attached hydrogens (tertiary/aromatic N) is 7. The van der Waals surface area contributed by atoms with Crippen molar-refractivity contribution < 1.29 is 4.52 Å². The average molecular weight is 328 g/mol. The first-order valence-electron chi connectivity index (χ1n) is 8.10. The summed E-state index contributed by atoms with van der Waals surface area (Å²) in [6.07, 6.45) is 5.61. The number of aryl methyl sites for hydroxylation is 2. The minimum absolute atomic E-state index is 0.324. The van der Waals surface area contributed by atoms with E-state index in [4.69, 9.17) is 4.52 Å². The predicted octanol–water partition coefficient (Wildman–Crippen LogP) is 1.13. The SMILES string of the molecule is Cc1nc(CN2CCCC(Nc3ncnc4c3cnn4C)C2)no1. The molecule has 1 fully saturated rings. The van der Waals surface area contributed by atoms with Crippen LogP contribution in [0.1, 0.15) is 24.6 Å². The highest BCUT2D eigenvalue weighted by atomic mass is 16.5. The Labute approximate surface area is 139 Å². The van der Waals surface area contributed by atoms with Gasteiger partial charge in [-0.05, 0) is 19.4 Å². The summed E-state index contributed by atoms with van der Waals surface area (Å²) in [5.41, 5.74) is 0.836. The molecule has 1 atom stereocenters. The first kappa shape index (κ1) is 15.0. The molecule has 9 heteroatoms. The Hall–Kier alpha value is -2.55. The fraction of sp³-hybridized carbons (Fsp3) is 0.533. The molecule has 1 aliphatic heterocycles. The van der Waals surface area contributed by atoms with Gasteiger partial charge in [-0.3, -0.25) is 9.58 Å². The fourth-order valence-corrected chi connectivity index (χ4v) is 3.19. The van der Waals surface area contributed by atoms with E-state index in [1.54, 1.807) is 17.2 Å². The first-order chi connectivity index (χ1) is 11.7. The third kappa shape index (κ3) is 2.94. The van der Waals surface area contributed by atoms with Crippen LogP contribution in [-0.2, 0) is 13.6 Å². The summed E-state index contributed by atoms with van der Waals surface area (Å²) in [6, 6.07) is 0.324. The molecular formula is C15H20N8O. The predicted molar refractivity (Wildman–Crippen MR) is 87.3 cm³/mol. The second-order valence-electron chi connectivity index (χ2n) is 6.18. The van der Waals surface area contributed by atoms with Crippen LogP contribution in [0.2, 0.25) is 0 Å². The summed E-state index contributed by atoms with van der Waals surface area (Å²) in [5.74, 6) is 2.19. The van der Waals surface area contributed by atoms with Gasteiger partial charge in [-0.2, -0.15) is 10.1 Å². The Morgan fingerprint density at radius 3 is 3.12 bits per heavy atom. The molecule has 9 nitrogen and oxygen atoms in total. The van der Waals surface area contributed by atoms with Gasteiger partial charge in [0.15, 0.2) is 11.5 Å². The van der Waals surface area contributed by atoms with Crippen molar-refractivity contribution >= 4 is 16.9 Å². The van der Waals surface area contributed by atoms with Gasteiger partial charge in [-0.1, -0.05) is 5.16 Å². The van der Waals surface area contributed by atoms with Gasteiger partial charge < -0.3 is 9.84 Å². The molecule has 1 unspecified atom stereocenters. The highest BCUT2D eigenvalue weighted by molar-refractivity contribution is 5.86. The number of anilines is 1. The van der Waals surface area contributed by atoms with E-state index >= 15 is 0 Å². The van der Waals surface area contributed by atoms with Crippen molar-refractivity contribution in [3.8, 4) is 0 Å². The quantitative estimate of drug-likeness (QED) is 0.761. The Morgan fingerprint density at radius 1 is 1.38 bits per heavy atom. The molecule has 4 heterocycles. The Bertz CT molecular complexity index is 841. The van der Waals surface area contributed by atoms with Gasteiger partial charge in [0.1, 0.15) is 12.1 Å². The zero-order chi connectivity index (χ0) is 16.5. The standard InChI is InChI=1S/C15H20N8O/c1-10-19-13(21-24-10)8-23-5-3-4-11(7-23)20-14-12-6-18-22(2)15(12)17-9-16-14/h6,9,11H,3-5,7-8H2,1-2H3,(H,16,17,20). The van der Waals surface area contributed by atoms with Gasteiger partial charge in [0.25, 0.3) is 0 Å². The minimum Gasteiger partial charge on any atom is -0.365 e. The number of hydrogen-bond acceptors (Lipinski definition) is 8. The number of fused-ring (bicyclic) bond motifs is 1. The van der Waals surface area contributed by atoms with Crippen LogP contribution in [0.15, 0.2) is 17.0 Å². The van der Waals surface area contributed by atoms with Crippen LogP contribution in [0.25, 0.3) is 11.0 Å². The Balaban J connectivity index is 1.46. The van der Waals surface area contributed by atoms with Crippen molar-refractivity contribution in [1.82, 2.24) is 34.8 Å². The highest BCUT2D eigenvalue weighted by Crippen LogP contribution is 2.21. The van der Waals surface area contributed by atoms with Crippen LogP contribution in [-0.4, -0.2) is 53.9 Å². The van der Waals surface area contributed by atoms with Crippen LogP contribution in [0.4, 0.5) is 5.82 Å². The molecule has 0 amide bonds. The summed E-state index contributed by atoms with van der Waals surface area (Å²) in [7, 11) is 1.88. The fourth-order valence-electron chi connectivity index (χ4n) is 3.19. The van der Waals surface area contributed by atoms with Gasteiger partial charge in [0.2, 0.25) is 5.89 Å². The topological polar surface area (TPSA) is 97.8 Å². The van der Waals surface area contributed by atoms with Crippen molar-refractivity contribution in [3.05, 3.63) is 24.2 Å². The maximum atomic E-state index is 5.05. The number of hydrogen-bond donors (Lipinski definition) is 1. The Morgan fingerprint density at radius 2 is 2.29 bits per heavy atom. The monoisotopic (exact) mass is 328 g/mol. The van der Waals surface area contributed by atoms with Crippen molar-refractivity contribution in [2.24, 2.45) is 7.05 Å². The van der Waals surface area contributed by atoms with Gasteiger partial charge in [0, 0.05) is 26.6 Å². The normalized spacial score (nSPS) is 19.0. The summed E-state index contributed by atoms with van der Waals surface area (Å²) in [5, 5.41) is 12.7. The molecule has 3 aromatic rings. The zero-order valence-electron chi connectivity index (χ0n) is 13.8. The van der Waals surface area contributed by atoms with Crippen LogP contribution in [0.5, 0.6) is 0 Å². The van der Waals surface area contributed by atoms with Crippen LogP contribution in [0.3, 0.4) is 0 Å². The molecule has 1 saturated heterocycles. The molecule has 126 valence electrons. The van der Waals surface area contributed by atoms with Gasteiger partial charge in [0.05, 0.1) is 18.1 Å². The van der Waals surface area contributed by atoms with Crippen molar-refractivity contribution in [2.75, 3.05) is 18.4 Å². The van der Waals surface area contributed by atoms with E-state index in [0.717, 1.165) is 48.6 Å². The number of likely N-dealkylation sites (tertiary alicyclic amines) is 1. The van der Waals surface area contributed by atoms with E-state index in [-0.39, 0.29) is 0 Å². The third-order valence-corrected chi connectivity index (χ3v) is 4.31. The summed E-state index contributed by atoms with van der Waals surface area (Å²) in [6.45, 7) is 4.48. The molecule has 4 rings (SSSR count). The molecule has 0 aliphatic carbocycles. The Kier molecular flexibility index (Phi) is 3.85. The lowest BCUT2D eigenvalue weighted by Gasteiger charge is -2.32. The molecule has 0 spiro atoms. The van der Waals surface area contributed by atoms with Gasteiger partial charge in [-0.25, -0.2) is 9.97 Å².